The third-order valence-electron chi connectivity index (χ3n) is 7.14. The maximum absolute atomic E-state index is 13.7. The van der Waals surface area contributed by atoms with E-state index in [4.69, 9.17) is 0 Å². The second-order valence-corrected chi connectivity index (χ2v) is 9.24. The highest BCUT2D eigenvalue weighted by atomic mass is 16.3. The molecule has 4 nitrogen and oxygen atoms in total. The van der Waals surface area contributed by atoms with Crippen molar-refractivity contribution in [3.8, 4) is 0 Å². The fourth-order valence-electron chi connectivity index (χ4n) is 5.26. The van der Waals surface area contributed by atoms with Crippen LogP contribution < -0.4 is 0 Å². The molecule has 0 aliphatic carbocycles. The fourth-order valence-corrected chi connectivity index (χ4v) is 5.26. The summed E-state index contributed by atoms with van der Waals surface area (Å²) in [5, 5.41) is 12.5. The maximum Gasteiger partial charge on any atom is 0.324 e. The molecule has 4 aromatic carbocycles. The highest BCUT2D eigenvalue weighted by molar-refractivity contribution is 5.79. The minimum atomic E-state index is -1.45. The molecule has 1 N–H and O–H groups in total. The van der Waals surface area contributed by atoms with Gasteiger partial charge in [-0.1, -0.05) is 121 Å². The zero-order valence-electron chi connectivity index (χ0n) is 20.5. The largest absolute Gasteiger partial charge is 0.378 e. The molecule has 0 bridgehead atoms. The van der Waals surface area contributed by atoms with Crippen LogP contribution in [0.5, 0.6) is 0 Å². The van der Waals surface area contributed by atoms with Crippen LogP contribution in [0.25, 0.3) is 0 Å². The van der Waals surface area contributed by atoms with Crippen LogP contribution in [0, 0.1) is 0 Å². The number of hydrogen-bond acceptors (Lipinski definition) is 2. The summed E-state index contributed by atoms with van der Waals surface area (Å²) in [6, 6.07) is 38.8. The molecule has 4 aromatic rings. The van der Waals surface area contributed by atoms with Crippen molar-refractivity contribution < 1.29 is 9.90 Å². The molecular weight excluding hydrogens is 444 g/mol. The lowest BCUT2D eigenvalue weighted by molar-refractivity contribution is 0.0120. The van der Waals surface area contributed by atoms with Gasteiger partial charge in [-0.25, -0.2) is 4.79 Å². The molecule has 0 radical (unpaired) electrons. The van der Waals surface area contributed by atoms with Gasteiger partial charge in [0.15, 0.2) is 0 Å². The summed E-state index contributed by atoms with van der Waals surface area (Å²) in [5.74, 6) is -0.173. The number of allylic oxidation sites excluding steroid dienone is 1. The van der Waals surface area contributed by atoms with Crippen molar-refractivity contribution in [1.82, 2.24) is 9.80 Å². The second-order valence-electron chi connectivity index (χ2n) is 9.24. The van der Waals surface area contributed by atoms with E-state index >= 15 is 0 Å². The standard InChI is InChI=1S/C32H30N2O2/c1-33-28(30(24-15-7-3-8-16-24)25-17-9-4-10-18-25)23-29(34(2)31(33)35)32(36,26-19-11-5-12-20-26)27-21-13-6-14-22-27/h3-23,29-30,36H,1-2H3. The van der Waals surface area contributed by atoms with Gasteiger partial charge in [-0.15, -0.1) is 0 Å². The SMILES string of the molecule is CN1C(=O)N(C)C(C(O)(c2ccccc2)c2ccccc2)C=C1C(c1ccccc1)c1ccccc1. The van der Waals surface area contributed by atoms with Crippen LogP contribution in [0.2, 0.25) is 0 Å². The average Bonchev–Trinajstić information content (AvgIpc) is 2.95. The van der Waals surface area contributed by atoms with Crippen LogP contribution in [-0.2, 0) is 5.60 Å². The predicted octanol–water partition coefficient (Wildman–Crippen LogP) is 6.00. The van der Waals surface area contributed by atoms with Crippen molar-refractivity contribution in [3.63, 3.8) is 0 Å². The number of hydrogen-bond donors (Lipinski definition) is 1. The number of urea groups is 1. The third-order valence-corrected chi connectivity index (χ3v) is 7.14. The number of benzene rings is 4. The van der Waals surface area contributed by atoms with Gasteiger partial charge < -0.3 is 14.9 Å². The Kier molecular flexibility index (Phi) is 6.45. The second kappa shape index (κ2) is 9.84. The Balaban J connectivity index is 1.74. The molecule has 1 aliphatic heterocycles. The van der Waals surface area contributed by atoms with Crippen molar-refractivity contribution in [1.29, 1.82) is 0 Å². The van der Waals surface area contributed by atoms with E-state index in [0.29, 0.717) is 0 Å². The van der Waals surface area contributed by atoms with Crippen LogP contribution >= 0.6 is 0 Å². The molecule has 36 heavy (non-hydrogen) atoms. The molecule has 1 atom stereocenters. The van der Waals surface area contributed by atoms with Crippen molar-refractivity contribution in [3.05, 3.63) is 155 Å². The Morgan fingerprint density at radius 1 is 0.667 bits per heavy atom. The summed E-state index contributed by atoms with van der Waals surface area (Å²) in [6.45, 7) is 0. The Morgan fingerprint density at radius 3 is 1.47 bits per heavy atom. The number of carbonyl (C=O) groups is 1. The Bertz CT molecular complexity index is 1260. The Hall–Kier alpha value is -4.15. The molecule has 5 rings (SSSR count). The minimum Gasteiger partial charge on any atom is -0.378 e. The summed E-state index contributed by atoms with van der Waals surface area (Å²) in [7, 11) is 3.57. The van der Waals surface area contributed by atoms with E-state index in [1.54, 1.807) is 16.8 Å². The molecule has 0 fully saturated rings. The summed E-state index contributed by atoms with van der Waals surface area (Å²) in [5.41, 5.74) is 3.03. The van der Waals surface area contributed by atoms with E-state index in [0.717, 1.165) is 28.0 Å². The van der Waals surface area contributed by atoms with Crippen molar-refractivity contribution >= 4 is 6.03 Å². The molecule has 0 saturated carbocycles. The first-order chi connectivity index (χ1) is 17.5. The molecule has 0 saturated heterocycles. The molecule has 1 heterocycles. The lowest BCUT2D eigenvalue weighted by Gasteiger charge is -2.46. The van der Waals surface area contributed by atoms with Gasteiger partial charge in [-0.2, -0.15) is 0 Å². The van der Waals surface area contributed by atoms with Gasteiger partial charge in [0.1, 0.15) is 5.60 Å². The van der Waals surface area contributed by atoms with E-state index in [1.165, 1.54) is 0 Å². The highest BCUT2D eigenvalue weighted by Crippen LogP contribution is 2.42. The van der Waals surface area contributed by atoms with E-state index < -0.39 is 11.6 Å². The van der Waals surface area contributed by atoms with Crippen LogP contribution in [0.4, 0.5) is 4.79 Å². The molecule has 2 amide bonds. The van der Waals surface area contributed by atoms with Crippen LogP contribution in [-0.4, -0.2) is 41.1 Å². The molecule has 0 spiro atoms. The topological polar surface area (TPSA) is 43.8 Å². The lowest BCUT2D eigenvalue weighted by atomic mass is 9.77. The number of nitrogens with zero attached hydrogens (tertiary/aromatic N) is 2. The minimum absolute atomic E-state index is 0.167. The van der Waals surface area contributed by atoms with E-state index in [9.17, 15) is 9.90 Å². The first-order valence-electron chi connectivity index (χ1n) is 12.2. The van der Waals surface area contributed by atoms with Gasteiger partial charge in [0.25, 0.3) is 0 Å². The zero-order chi connectivity index (χ0) is 25.1. The molecule has 0 aromatic heterocycles. The van der Waals surface area contributed by atoms with Crippen LogP contribution in [0.15, 0.2) is 133 Å². The zero-order valence-corrected chi connectivity index (χ0v) is 20.5. The van der Waals surface area contributed by atoms with E-state index in [1.807, 2.05) is 104 Å². The third kappa shape index (κ3) is 4.10. The molecule has 180 valence electrons. The lowest BCUT2D eigenvalue weighted by Crippen LogP contribution is -2.57. The average molecular weight is 475 g/mol. The van der Waals surface area contributed by atoms with Gasteiger partial charge in [0.2, 0.25) is 0 Å². The number of rotatable bonds is 6. The number of aliphatic hydroxyl groups is 1. The number of likely N-dealkylation sites (N-methyl/N-ethyl adjacent to an activating group) is 2. The smallest absolute Gasteiger partial charge is 0.324 e. The maximum atomic E-state index is 13.7. The first-order valence-corrected chi connectivity index (χ1v) is 12.2. The quantitative estimate of drug-likeness (QED) is 0.372. The Morgan fingerprint density at radius 2 is 1.06 bits per heavy atom. The molecule has 1 unspecified atom stereocenters. The van der Waals surface area contributed by atoms with Crippen molar-refractivity contribution in [2.24, 2.45) is 0 Å². The summed E-state index contributed by atoms with van der Waals surface area (Å²) in [6.07, 6.45) is 2.06. The number of carbonyl (C=O) groups excluding carboxylic acids is 1. The van der Waals surface area contributed by atoms with Gasteiger partial charge >= 0.3 is 6.03 Å². The summed E-state index contributed by atoms with van der Waals surface area (Å²) >= 11 is 0. The molecular formula is C32H30N2O2. The van der Waals surface area contributed by atoms with Crippen molar-refractivity contribution in [2.75, 3.05) is 14.1 Å². The van der Waals surface area contributed by atoms with Gasteiger partial charge in [-0.3, -0.25) is 0 Å². The van der Waals surface area contributed by atoms with E-state index in [-0.39, 0.29) is 11.9 Å². The van der Waals surface area contributed by atoms with E-state index in [2.05, 4.69) is 30.3 Å². The van der Waals surface area contributed by atoms with Crippen LogP contribution in [0.3, 0.4) is 0 Å². The van der Waals surface area contributed by atoms with Gasteiger partial charge in [0, 0.05) is 25.7 Å². The predicted molar refractivity (Wildman–Crippen MR) is 143 cm³/mol. The fraction of sp³-hybridized carbons (Fsp3) is 0.156. The highest BCUT2D eigenvalue weighted by Gasteiger charge is 2.47. The number of amides is 2. The molecule has 1 aliphatic rings. The summed E-state index contributed by atoms with van der Waals surface area (Å²) in [4.78, 5) is 17.1. The monoisotopic (exact) mass is 474 g/mol. The first kappa shape index (κ1) is 23.6. The Labute approximate surface area is 212 Å². The summed E-state index contributed by atoms with van der Waals surface area (Å²) < 4.78 is 0. The van der Waals surface area contributed by atoms with Crippen LogP contribution in [0.1, 0.15) is 28.2 Å². The van der Waals surface area contributed by atoms with Crippen molar-refractivity contribution in [2.45, 2.75) is 17.6 Å². The van der Waals surface area contributed by atoms with Gasteiger partial charge in [-0.05, 0) is 28.3 Å². The normalized spacial score (nSPS) is 16.3. The van der Waals surface area contributed by atoms with Gasteiger partial charge in [0.05, 0.1) is 6.04 Å². The molecule has 4 heteroatoms.